The van der Waals surface area contributed by atoms with Crippen molar-refractivity contribution in [2.75, 3.05) is 6.54 Å². The zero-order valence-corrected chi connectivity index (χ0v) is 9.15. The van der Waals surface area contributed by atoms with Gasteiger partial charge in [-0.15, -0.1) is 0 Å². The van der Waals surface area contributed by atoms with Gasteiger partial charge in [0.1, 0.15) is 0 Å². The van der Waals surface area contributed by atoms with E-state index < -0.39 is 0 Å². The summed E-state index contributed by atoms with van der Waals surface area (Å²) in [5, 5.41) is 3.68. The lowest BCUT2D eigenvalue weighted by molar-refractivity contribution is 0.288. The van der Waals surface area contributed by atoms with Gasteiger partial charge in [-0.25, -0.2) is 0 Å². The van der Waals surface area contributed by atoms with E-state index in [1.54, 1.807) is 0 Å². The van der Waals surface area contributed by atoms with Gasteiger partial charge in [-0.05, 0) is 49.6 Å². The summed E-state index contributed by atoms with van der Waals surface area (Å²) in [5.74, 6) is 1.84. The van der Waals surface area contributed by atoms with Crippen LogP contribution in [0.5, 0.6) is 0 Å². The fourth-order valence-electron chi connectivity index (χ4n) is 2.44. The molecule has 1 nitrogen and oxygen atoms in total. The lowest BCUT2D eigenvalue weighted by atomic mass is 9.76. The van der Waals surface area contributed by atoms with Crippen molar-refractivity contribution in [3.05, 3.63) is 35.9 Å². The summed E-state index contributed by atoms with van der Waals surface area (Å²) in [5.41, 5.74) is 1.53. The fourth-order valence-corrected chi connectivity index (χ4v) is 2.44. The lowest BCUT2D eigenvalue weighted by Gasteiger charge is -2.36. The Labute approximate surface area is 91.9 Å². The molecule has 0 aliphatic heterocycles. The van der Waals surface area contributed by atoms with Gasteiger partial charge >= 0.3 is 0 Å². The maximum absolute atomic E-state index is 3.68. The van der Waals surface area contributed by atoms with E-state index in [1.807, 2.05) is 0 Å². The summed E-state index contributed by atoms with van der Waals surface area (Å²) >= 11 is 0. The maximum Gasteiger partial charge on any atom is 0.00788 e. The zero-order valence-electron chi connectivity index (χ0n) is 9.15. The van der Waals surface area contributed by atoms with Gasteiger partial charge in [-0.1, -0.05) is 30.3 Å². The van der Waals surface area contributed by atoms with Crippen molar-refractivity contribution in [3.63, 3.8) is 0 Å². The quantitative estimate of drug-likeness (QED) is 0.789. The molecule has 3 rings (SSSR count). The van der Waals surface area contributed by atoms with Crippen LogP contribution >= 0.6 is 0 Å². The molecule has 0 unspecified atom stereocenters. The summed E-state index contributed by atoms with van der Waals surface area (Å²) in [6, 6.07) is 11.7. The molecule has 0 bridgehead atoms. The van der Waals surface area contributed by atoms with Gasteiger partial charge in [-0.3, -0.25) is 0 Å². The van der Waals surface area contributed by atoms with Gasteiger partial charge in [0, 0.05) is 6.04 Å². The van der Waals surface area contributed by atoms with Gasteiger partial charge in [0.2, 0.25) is 0 Å². The summed E-state index contributed by atoms with van der Waals surface area (Å²) in [6.45, 7) is 1.27. The van der Waals surface area contributed by atoms with Gasteiger partial charge in [0.25, 0.3) is 0 Å². The monoisotopic (exact) mass is 201 g/mol. The highest BCUT2D eigenvalue weighted by Gasteiger charge is 2.31. The zero-order chi connectivity index (χ0) is 10.1. The second-order valence-electron chi connectivity index (χ2n) is 5.13. The molecule has 2 saturated carbocycles. The largest absolute Gasteiger partial charge is 0.314 e. The first-order chi connectivity index (χ1) is 7.42. The van der Waals surface area contributed by atoms with Crippen molar-refractivity contribution in [1.29, 1.82) is 0 Å². The number of hydrogen-bond acceptors (Lipinski definition) is 1. The molecular formula is C14H19N. The maximum atomic E-state index is 3.68. The molecule has 1 aromatic rings. The Morgan fingerprint density at radius 3 is 2.47 bits per heavy atom. The molecule has 0 heterocycles. The van der Waals surface area contributed by atoms with Crippen LogP contribution in [0.2, 0.25) is 0 Å². The van der Waals surface area contributed by atoms with Gasteiger partial charge in [0.05, 0.1) is 0 Å². The summed E-state index contributed by atoms with van der Waals surface area (Å²) < 4.78 is 0. The molecule has 2 fully saturated rings. The summed E-state index contributed by atoms with van der Waals surface area (Å²) in [6.07, 6.45) is 5.61. The predicted molar refractivity (Wildman–Crippen MR) is 62.9 cm³/mol. The van der Waals surface area contributed by atoms with E-state index in [-0.39, 0.29) is 0 Å². The predicted octanol–water partition coefficient (Wildman–Crippen LogP) is 2.93. The summed E-state index contributed by atoms with van der Waals surface area (Å²) in [7, 11) is 0. The average molecular weight is 201 g/mol. The number of hydrogen-bond donors (Lipinski definition) is 1. The van der Waals surface area contributed by atoms with Crippen molar-refractivity contribution in [2.45, 2.75) is 37.6 Å². The van der Waals surface area contributed by atoms with E-state index in [2.05, 4.69) is 35.6 Å². The third-order valence-corrected chi connectivity index (χ3v) is 3.80. The van der Waals surface area contributed by atoms with Crippen LogP contribution in [-0.4, -0.2) is 12.6 Å². The van der Waals surface area contributed by atoms with Crippen LogP contribution in [0.25, 0.3) is 0 Å². The molecule has 15 heavy (non-hydrogen) atoms. The molecule has 0 spiro atoms. The highest BCUT2D eigenvalue weighted by atomic mass is 14.9. The Balaban J connectivity index is 1.45. The van der Waals surface area contributed by atoms with E-state index >= 15 is 0 Å². The highest BCUT2D eigenvalue weighted by Crippen LogP contribution is 2.37. The standard InChI is InChI=1S/C14H19N/c1-2-4-12(5-3-1)13-8-14(9-13)15-10-11-6-7-11/h1-5,11,13-15H,6-10H2. The molecule has 2 aliphatic rings. The number of nitrogens with one attached hydrogen (secondary N) is 1. The molecule has 1 heteroatoms. The third-order valence-electron chi connectivity index (χ3n) is 3.80. The van der Waals surface area contributed by atoms with Crippen molar-refractivity contribution in [2.24, 2.45) is 5.92 Å². The number of benzene rings is 1. The Morgan fingerprint density at radius 1 is 1.07 bits per heavy atom. The molecule has 0 aromatic heterocycles. The SMILES string of the molecule is c1ccc(C2CC(NCC3CC3)C2)cc1. The Hall–Kier alpha value is -0.820. The molecule has 1 N–H and O–H groups in total. The van der Waals surface area contributed by atoms with Crippen LogP contribution in [0.15, 0.2) is 30.3 Å². The van der Waals surface area contributed by atoms with Gasteiger partial charge in [0.15, 0.2) is 0 Å². The van der Waals surface area contributed by atoms with E-state index in [4.69, 9.17) is 0 Å². The Morgan fingerprint density at radius 2 is 1.80 bits per heavy atom. The van der Waals surface area contributed by atoms with Gasteiger partial charge in [-0.2, -0.15) is 0 Å². The van der Waals surface area contributed by atoms with Crippen LogP contribution < -0.4 is 5.32 Å². The minimum Gasteiger partial charge on any atom is -0.314 e. The smallest absolute Gasteiger partial charge is 0.00788 e. The molecular weight excluding hydrogens is 182 g/mol. The van der Waals surface area contributed by atoms with Crippen LogP contribution in [0, 0.1) is 5.92 Å². The minimum absolute atomic E-state index is 0.802. The minimum atomic E-state index is 0.802. The van der Waals surface area contributed by atoms with E-state index in [0.29, 0.717) is 0 Å². The van der Waals surface area contributed by atoms with Crippen LogP contribution in [-0.2, 0) is 0 Å². The van der Waals surface area contributed by atoms with Crippen LogP contribution in [0.4, 0.5) is 0 Å². The number of rotatable bonds is 4. The topological polar surface area (TPSA) is 12.0 Å². The normalized spacial score (nSPS) is 29.9. The molecule has 2 aliphatic carbocycles. The second kappa shape index (κ2) is 3.97. The molecule has 0 saturated heterocycles. The van der Waals surface area contributed by atoms with E-state index in [9.17, 15) is 0 Å². The first-order valence-electron chi connectivity index (χ1n) is 6.20. The third kappa shape index (κ3) is 2.23. The second-order valence-corrected chi connectivity index (χ2v) is 5.13. The molecule has 80 valence electrons. The molecule has 1 aromatic carbocycles. The molecule has 0 radical (unpaired) electrons. The van der Waals surface area contributed by atoms with Crippen molar-refractivity contribution < 1.29 is 0 Å². The van der Waals surface area contributed by atoms with Crippen molar-refractivity contribution in [3.8, 4) is 0 Å². The Bertz CT molecular complexity index is 309. The van der Waals surface area contributed by atoms with E-state index in [0.717, 1.165) is 17.9 Å². The Kier molecular flexibility index (Phi) is 2.49. The average Bonchev–Trinajstić information content (AvgIpc) is 3.01. The van der Waals surface area contributed by atoms with Crippen molar-refractivity contribution in [1.82, 2.24) is 5.32 Å². The van der Waals surface area contributed by atoms with E-state index in [1.165, 1.54) is 37.8 Å². The molecule has 0 amide bonds. The van der Waals surface area contributed by atoms with Gasteiger partial charge < -0.3 is 5.32 Å². The molecule has 0 atom stereocenters. The summed E-state index contributed by atoms with van der Waals surface area (Å²) in [4.78, 5) is 0. The highest BCUT2D eigenvalue weighted by molar-refractivity contribution is 5.22. The van der Waals surface area contributed by atoms with Crippen LogP contribution in [0.3, 0.4) is 0 Å². The first kappa shape index (κ1) is 9.41. The lowest BCUT2D eigenvalue weighted by Crippen LogP contribution is -2.40. The first-order valence-corrected chi connectivity index (χ1v) is 6.20. The van der Waals surface area contributed by atoms with Crippen LogP contribution in [0.1, 0.15) is 37.2 Å². The van der Waals surface area contributed by atoms with Crippen molar-refractivity contribution >= 4 is 0 Å². The fraction of sp³-hybridized carbons (Fsp3) is 0.571.